The fourth-order valence-electron chi connectivity index (χ4n) is 1.93. The van der Waals surface area contributed by atoms with Crippen LogP contribution in [0.25, 0.3) is 0 Å². The van der Waals surface area contributed by atoms with Crippen molar-refractivity contribution < 1.29 is 40.9 Å². The number of carboxylic acid groups (broad SMARTS) is 1. The van der Waals surface area contributed by atoms with Crippen LogP contribution >= 0.6 is 0 Å². The van der Waals surface area contributed by atoms with E-state index in [1.165, 1.54) is 56.3 Å². The molecule has 0 atom stereocenters. The first kappa shape index (κ1) is 20.6. The van der Waals surface area contributed by atoms with Gasteiger partial charge in [0.05, 0.1) is 0 Å². The van der Waals surface area contributed by atoms with Gasteiger partial charge in [-0.05, 0) is 6.42 Å². The molecule has 0 rings (SSSR count). The smallest absolute Gasteiger partial charge is 1.00 e. The minimum absolute atomic E-state index is 0. The Balaban J connectivity index is -0.00000128. The van der Waals surface area contributed by atoms with Crippen molar-refractivity contribution in [1.82, 2.24) is 4.90 Å². The molecule has 104 valence electrons. The van der Waals surface area contributed by atoms with E-state index in [0.717, 1.165) is 12.8 Å². The van der Waals surface area contributed by atoms with Gasteiger partial charge in [-0.2, -0.15) is 0 Å². The normalized spacial score (nSPS) is 9.89. The van der Waals surface area contributed by atoms with E-state index in [1.54, 1.807) is 7.05 Å². The number of carbonyl (C=O) groups is 1. The zero-order chi connectivity index (χ0) is 12.9. The Morgan fingerprint density at radius 2 is 1.33 bits per heavy atom. The summed E-state index contributed by atoms with van der Waals surface area (Å²) in [5.41, 5.74) is 0. The molecule has 0 saturated heterocycles. The molecule has 4 heteroatoms. The van der Waals surface area contributed by atoms with E-state index in [4.69, 9.17) is 5.11 Å². The minimum Gasteiger partial charge on any atom is -1.00 e. The quantitative estimate of drug-likeness (QED) is 0.456. The second-order valence-corrected chi connectivity index (χ2v) is 4.89. The molecule has 1 amide bonds. The third-order valence-corrected chi connectivity index (χ3v) is 3.17. The Hall–Kier alpha value is 0.270. The van der Waals surface area contributed by atoms with E-state index in [1.807, 2.05) is 0 Å². The van der Waals surface area contributed by atoms with Crippen LogP contribution in [0, 0.1) is 0 Å². The average Bonchev–Trinajstić information content (AvgIpc) is 2.31. The Labute approximate surface area is 136 Å². The molecule has 0 heterocycles. The van der Waals surface area contributed by atoms with Crippen molar-refractivity contribution in [3.63, 3.8) is 0 Å². The van der Waals surface area contributed by atoms with Crippen molar-refractivity contribution >= 4 is 6.09 Å². The summed E-state index contributed by atoms with van der Waals surface area (Å²) in [4.78, 5) is 11.9. The summed E-state index contributed by atoms with van der Waals surface area (Å²) >= 11 is 0. The summed E-state index contributed by atoms with van der Waals surface area (Å²) in [6.07, 6.45) is 12.1. The van der Waals surface area contributed by atoms with Crippen LogP contribution in [0.15, 0.2) is 0 Å². The molecule has 0 radical (unpaired) electrons. The van der Waals surface area contributed by atoms with Crippen molar-refractivity contribution in [3.8, 4) is 0 Å². The number of amides is 1. The van der Waals surface area contributed by atoms with Crippen molar-refractivity contribution in [2.24, 2.45) is 0 Å². The van der Waals surface area contributed by atoms with Crippen molar-refractivity contribution in [3.05, 3.63) is 0 Å². The molecule has 0 aliphatic rings. The van der Waals surface area contributed by atoms with Crippen LogP contribution in [-0.2, 0) is 0 Å². The first-order valence-electron chi connectivity index (χ1n) is 7.12. The number of hydrogen-bond donors (Lipinski definition) is 1. The Morgan fingerprint density at radius 3 is 1.72 bits per heavy atom. The average molecular weight is 267 g/mol. The number of hydrogen-bond acceptors (Lipinski definition) is 1. The molecule has 0 aliphatic heterocycles. The minimum atomic E-state index is -0.819. The predicted octanol–water partition coefficient (Wildman–Crippen LogP) is 1.63. The first-order chi connectivity index (χ1) is 8.18. The van der Waals surface area contributed by atoms with Crippen molar-refractivity contribution in [2.75, 3.05) is 13.6 Å². The molecule has 0 saturated carbocycles. The van der Waals surface area contributed by atoms with Gasteiger partial charge in [0.25, 0.3) is 0 Å². The van der Waals surface area contributed by atoms with Crippen LogP contribution in [0.1, 0.15) is 72.6 Å². The summed E-state index contributed by atoms with van der Waals surface area (Å²) < 4.78 is 0. The van der Waals surface area contributed by atoms with E-state index in [0.29, 0.717) is 6.54 Å². The summed E-state index contributed by atoms with van der Waals surface area (Å²) in [6.45, 7) is 2.92. The van der Waals surface area contributed by atoms with Gasteiger partial charge < -0.3 is 11.4 Å². The van der Waals surface area contributed by atoms with Crippen molar-refractivity contribution in [1.29, 1.82) is 0 Å². The Bertz CT molecular complexity index is 194. The third kappa shape index (κ3) is 14.3. The molecule has 0 fully saturated rings. The Kier molecular flexibility index (Phi) is 17.5. The molecule has 0 aliphatic carbocycles. The van der Waals surface area contributed by atoms with Gasteiger partial charge in [-0.1, -0.05) is 64.7 Å². The molecule has 3 nitrogen and oxygen atoms in total. The second-order valence-electron chi connectivity index (χ2n) is 4.89. The van der Waals surface area contributed by atoms with Gasteiger partial charge in [0.15, 0.2) is 0 Å². The number of unbranched alkanes of at least 4 members (excludes halogenated alkanes) is 9. The topological polar surface area (TPSA) is 40.5 Å². The molecule has 0 aromatic rings. The zero-order valence-electron chi connectivity index (χ0n) is 13.6. The summed E-state index contributed by atoms with van der Waals surface area (Å²) in [5, 5.41) is 8.65. The van der Waals surface area contributed by atoms with Gasteiger partial charge in [-0.3, -0.25) is 0 Å². The molecule has 0 aromatic carbocycles. The van der Waals surface area contributed by atoms with E-state index in [-0.39, 0.29) is 31.0 Å². The van der Waals surface area contributed by atoms with Gasteiger partial charge in [0, 0.05) is 13.6 Å². The van der Waals surface area contributed by atoms with Crippen molar-refractivity contribution in [2.45, 2.75) is 71.1 Å². The second kappa shape index (κ2) is 15.3. The van der Waals surface area contributed by atoms with E-state index in [9.17, 15) is 4.79 Å². The van der Waals surface area contributed by atoms with Gasteiger partial charge in [-0.15, -0.1) is 0 Å². The van der Waals surface area contributed by atoms with Crippen LogP contribution in [-0.4, -0.2) is 29.7 Å². The van der Waals surface area contributed by atoms with Gasteiger partial charge in [0.1, 0.15) is 0 Å². The molecule has 1 N–H and O–H groups in total. The standard InChI is InChI=1S/C14H29NO2.Na.H/c1-3-4-5-6-7-8-9-10-11-12-13-15(2)14(16)17;;/h3-13H2,1-2H3,(H,16,17);;/q;+1;-1. The molecule has 0 unspecified atom stereocenters. The predicted molar refractivity (Wildman–Crippen MR) is 73.6 cm³/mol. The van der Waals surface area contributed by atoms with Crippen LogP contribution < -0.4 is 29.6 Å². The molecule has 0 aromatic heterocycles. The maximum absolute atomic E-state index is 10.5. The van der Waals surface area contributed by atoms with Crippen LogP contribution in [0.3, 0.4) is 0 Å². The monoisotopic (exact) mass is 267 g/mol. The van der Waals surface area contributed by atoms with Gasteiger partial charge in [-0.25, -0.2) is 4.79 Å². The largest absolute Gasteiger partial charge is 1.00 e. The maximum Gasteiger partial charge on any atom is 1.00 e. The maximum atomic E-state index is 10.5. The molecular formula is C14H30NNaO2. The fourth-order valence-corrected chi connectivity index (χ4v) is 1.93. The molecule has 0 spiro atoms. The number of rotatable bonds is 11. The van der Waals surface area contributed by atoms with Crippen LogP contribution in [0.4, 0.5) is 4.79 Å². The van der Waals surface area contributed by atoms with Crippen LogP contribution in [0.2, 0.25) is 0 Å². The van der Waals surface area contributed by atoms with E-state index < -0.39 is 6.09 Å². The van der Waals surface area contributed by atoms with Gasteiger partial charge in [0.2, 0.25) is 0 Å². The number of nitrogens with zero attached hydrogens (tertiary/aromatic N) is 1. The fraction of sp³-hybridized carbons (Fsp3) is 0.929. The summed E-state index contributed by atoms with van der Waals surface area (Å²) in [7, 11) is 1.63. The molecule has 0 bridgehead atoms. The SMILES string of the molecule is CCCCCCCCCCCCN(C)C(=O)O.[H-].[Na+]. The van der Waals surface area contributed by atoms with E-state index in [2.05, 4.69) is 6.92 Å². The first-order valence-corrected chi connectivity index (χ1v) is 7.12. The third-order valence-electron chi connectivity index (χ3n) is 3.17. The molecular weight excluding hydrogens is 237 g/mol. The summed E-state index contributed by atoms with van der Waals surface area (Å²) in [5.74, 6) is 0. The Morgan fingerprint density at radius 1 is 0.944 bits per heavy atom. The molecule has 18 heavy (non-hydrogen) atoms. The zero-order valence-corrected chi connectivity index (χ0v) is 14.6. The van der Waals surface area contributed by atoms with Gasteiger partial charge >= 0.3 is 35.7 Å². The van der Waals surface area contributed by atoms with E-state index >= 15 is 0 Å². The summed E-state index contributed by atoms with van der Waals surface area (Å²) in [6, 6.07) is 0. The van der Waals surface area contributed by atoms with Crippen LogP contribution in [0.5, 0.6) is 0 Å².